The number of ether oxygens (including phenoxy) is 2. The Morgan fingerprint density at radius 1 is 1.23 bits per heavy atom. The first-order chi connectivity index (χ1) is 15.0. The highest BCUT2D eigenvalue weighted by Crippen LogP contribution is 2.33. The van der Waals surface area contributed by atoms with E-state index < -0.39 is 0 Å². The van der Waals surface area contributed by atoms with Crippen molar-refractivity contribution in [1.29, 1.82) is 0 Å². The van der Waals surface area contributed by atoms with E-state index in [9.17, 15) is 9.59 Å². The van der Waals surface area contributed by atoms with Gasteiger partial charge in [-0.05, 0) is 49.5 Å². The quantitative estimate of drug-likeness (QED) is 0.667. The van der Waals surface area contributed by atoms with Gasteiger partial charge in [-0.1, -0.05) is 6.08 Å². The summed E-state index contributed by atoms with van der Waals surface area (Å²) in [6.07, 6.45) is 5.17. The van der Waals surface area contributed by atoms with Crippen LogP contribution in [0.2, 0.25) is 0 Å². The summed E-state index contributed by atoms with van der Waals surface area (Å²) in [6, 6.07) is 7.00. The second-order valence-corrected chi connectivity index (χ2v) is 7.98. The van der Waals surface area contributed by atoms with Crippen LogP contribution in [0.5, 0.6) is 5.75 Å². The van der Waals surface area contributed by atoms with Gasteiger partial charge >= 0.3 is 0 Å². The molecular formula is C24H23N3O4. The number of pyridine rings is 2. The second-order valence-electron chi connectivity index (χ2n) is 7.98. The molecular weight excluding hydrogens is 394 g/mol. The number of rotatable bonds is 4. The van der Waals surface area contributed by atoms with Crippen LogP contribution in [0.1, 0.15) is 52.1 Å². The van der Waals surface area contributed by atoms with Crippen LogP contribution in [0.4, 0.5) is 5.69 Å². The predicted octanol–water partition coefficient (Wildman–Crippen LogP) is 4.09. The maximum absolute atomic E-state index is 13.3. The summed E-state index contributed by atoms with van der Waals surface area (Å²) in [5.41, 5.74) is 6.09. The standard InChI is InChI=1S/C24H23N3O4/c1-13-7-21(28)27-23-17(13)9-16(10-20(23)30-2)25-24(29)18-8-15-11-31-12-19(15)26-22(18)14-5-3-4-6-14/h5,7-10H,3-4,6,11-12H2,1-2H3,(H,25,29)(H,27,28). The summed E-state index contributed by atoms with van der Waals surface area (Å²) >= 11 is 0. The normalized spacial score (nSPS) is 15.1. The molecule has 7 nitrogen and oxygen atoms in total. The van der Waals surface area contributed by atoms with Gasteiger partial charge in [-0.25, -0.2) is 4.98 Å². The number of allylic oxidation sites excluding steroid dienone is 2. The number of fused-ring (bicyclic) bond motifs is 2. The molecule has 0 fully saturated rings. The van der Waals surface area contributed by atoms with Crippen molar-refractivity contribution < 1.29 is 14.3 Å². The molecule has 5 rings (SSSR count). The lowest BCUT2D eigenvalue weighted by atomic mass is 10.0. The van der Waals surface area contributed by atoms with E-state index in [-0.39, 0.29) is 11.5 Å². The number of hydrogen-bond acceptors (Lipinski definition) is 5. The summed E-state index contributed by atoms with van der Waals surface area (Å²) in [4.78, 5) is 32.8. The average molecular weight is 417 g/mol. The lowest BCUT2D eigenvalue weighted by molar-refractivity contribution is 0.102. The molecule has 0 saturated heterocycles. The maximum atomic E-state index is 13.3. The van der Waals surface area contributed by atoms with E-state index in [1.807, 2.05) is 19.1 Å². The van der Waals surface area contributed by atoms with Crippen molar-refractivity contribution in [2.24, 2.45) is 0 Å². The van der Waals surface area contributed by atoms with E-state index in [4.69, 9.17) is 14.5 Å². The molecule has 7 heteroatoms. The third kappa shape index (κ3) is 3.51. The summed E-state index contributed by atoms with van der Waals surface area (Å²) in [6.45, 7) is 2.81. The Hall–Kier alpha value is -3.45. The number of carbonyl (C=O) groups is 1. The fourth-order valence-corrected chi connectivity index (χ4v) is 4.32. The fraction of sp³-hybridized carbons (Fsp3) is 0.292. The van der Waals surface area contributed by atoms with Crippen molar-refractivity contribution in [3.8, 4) is 5.75 Å². The van der Waals surface area contributed by atoms with Gasteiger partial charge in [-0.3, -0.25) is 9.59 Å². The van der Waals surface area contributed by atoms with Crippen molar-refractivity contribution >= 4 is 28.1 Å². The van der Waals surface area contributed by atoms with Gasteiger partial charge in [0.1, 0.15) is 5.75 Å². The van der Waals surface area contributed by atoms with E-state index >= 15 is 0 Å². The highest BCUT2D eigenvalue weighted by molar-refractivity contribution is 6.08. The zero-order chi connectivity index (χ0) is 21.5. The van der Waals surface area contributed by atoms with Crippen LogP contribution >= 0.6 is 0 Å². The zero-order valence-electron chi connectivity index (χ0n) is 17.5. The number of benzene rings is 1. The number of amides is 1. The Morgan fingerprint density at radius 2 is 2.10 bits per heavy atom. The number of aryl methyl sites for hydroxylation is 1. The number of H-pyrrole nitrogens is 1. The topological polar surface area (TPSA) is 93.3 Å². The number of aromatic nitrogens is 2. The van der Waals surface area contributed by atoms with Gasteiger partial charge in [0, 0.05) is 28.8 Å². The van der Waals surface area contributed by atoms with Gasteiger partial charge in [0.15, 0.2) is 0 Å². The first-order valence-corrected chi connectivity index (χ1v) is 10.4. The smallest absolute Gasteiger partial charge is 0.257 e. The van der Waals surface area contributed by atoms with E-state index in [2.05, 4.69) is 16.4 Å². The van der Waals surface area contributed by atoms with Gasteiger partial charge in [0.2, 0.25) is 5.56 Å². The molecule has 0 atom stereocenters. The molecule has 1 aromatic carbocycles. The number of hydrogen-bond donors (Lipinski definition) is 2. The molecule has 0 radical (unpaired) electrons. The molecule has 2 aromatic heterocycles. The lowest BCUT2D eigenvalue weighted by Gasteiger charge is -2.14. The van der Waals surface area contributed by atoms with Crippen LogP contribution in [0.25, 0.3) is 16.5 Å². The Labute approximate surface area is 179 Å². The number of nitrogens with one attached hydrogen (secondary N) is 2. The minimum absolute atomic E-state index is 0.194. The number of nitrogens with zero attached hydrogens (tertiary/aromatic N) is 1. The summed E-state index contributed by atoms with van der Waals surface area (Å²) in [5, 5.41) is 3.82. The molecule has 3 heterocycles. The Morgan fingerprint density at radius 3 is 2.87 bits per heavy atom. The van der Waals surface area contributed by atoms with Gasteiger partial charge in [0.25, 0.3) is 5.91 Å². The Kier molecular flexibility index (Phi) is 4.82. The molecule has 0 saturated carbocycles. The number of anilines is 1. The number of carbonyl (C=O) groups excluding carboxylic acids is 1. The second kappa shape index (κ2) is 7.67. The molecule has 2 aliphatic rings. The summed E-state index contributed by atoms with van der Waals surface area (Å²) in [5.74, 6) is 0.265. The SMILES string of the molecule is COc1cc(NC(=O)c2cc3c(nc2C2=CCCC2)COC3)cc2c(C)cc(=O)[nH]c12. The van der Waals surface area contributed by atoms with Crippen molar-refractivity contribution in [3.05, 3.63) is 68.8 Å². The van der Waals surface area contributed by atoms with Crippen LogP contribution in [0, 0.1) is 6.92 Å². The average Bonchev–Trinajstić information content (AvgIpc) is 3.44. The van der Waals surface area contributed by atoms with Crippen molar-refractivity contribution in [2.75, 3.05) is 12.4 Å². The summed E-state index contributed by atoms with van der Waals surface area (Å²) < 4.78 is 11.0. The first-order valence-electron chi connectivity index (χ1n) is 10.4. The van der Waals surface area contributed by atoms with E-state index in [1.54, 1.807) is 6.07 Å². The fourth-order valence-electron chi connectivity index (χ4n) is 4.32. The highest BCUT2D eigenvalue weighted by Gasteiger charge is 2.24. The van der Waals surface area contributed by atoms with Crippen LogP contribution in [0.3, 0.4) is 0 Å². The van der Waals surface area contributed by atoms with Gasteiger partial charge in [0.05, 0.1) is 42.8 Å². The molecule has 3 aromatic rings. The van der Waals surface area contributed by atoms with Gasteiger partial charge in [-0.2, -0.15) is 0 Å². The van der Waals surface area contributed by atoms with Gasteiger partial charge in [-0.15, -0.1) is 0 Å². The molecule has 1 aliphatic heterocycles. The molecule has 0 bridgehead atoms. The third-order valence-electron chi connectivity index (χ3n) is 5.88. The largest absolute Gasteiger partial charge is 0.494 e. The van der Waals surface area contributed by atoms with E-state index in [1.165, 1.54) is 13.2 Å². The molecule has 31 heavy (non-hydrogen) atoms. The minimum atomic E-state index is -0.228. The van der Waals surface area contributed by atoms with Crippen LogP contribution in [0.15, 0.2) is 35.1 Å². The molecule has 2 N–H and O–H groups in total. The Bertz CT molecular complexity index is 1310. The monoisotopic (exact) mass is 417 g/mol. The summed E-state index contributed by atoms with van der Waals surface area (Å²) in [7, 11) is 1.54. The van der Waals surface area contributed by atoms with Crippen LogP contribution < -0.4 is 15.6 Å². The highest BCUT2D eigenvalue weighted by atomic mass is 16.5. The van der Waals surface area contributed by atoms with Gasteiger partial charge < -0.3 is 19.8 Å². The molecule has 0 spiro atoms. The zero-order valence-corrected chi connectivity index (χ0v) is 17.5. The van der Waals surface area contributed by atoms with E-state index in [0.29, 0.717) is 35.7 Å². The number of aromatic amines is 1. The molecule has 1 amide bonds. The van der Waals surface area contributed by atoms with Crippen molar-refractivity contribution in [3.63, 3.8) is 0 Å². The van der Waals surface area contributed by atoms with Crippen LogP contribution in [-0.4, -0.2) is 23.0 Å². The van der Waals surface area contributed by atoms with Crippen molar-refractivity contribution in [1.82, 2.24) is 9.97 Å². The maximum Gasteiger partial charge on any atom is 0.257 e. The number of methoxy groups -OCH3 is 1. The molecule has 158 valence electrons. The molecule has 1 aliphatic carbocycles. The molecule has 0 unspecified atom stereocenters. The third-order valence-corrected chi connectivity index (χ3v) is 5.88. The Balaban J connectivity index is 1.56. The van der Waals surface area contributed by atoms with Crippen LogP contribution in [-0.2, 0) is 18.0 Å². The predicted molar refractivity (Wildman–Crippen MR) is 118 cm³/mol. The van der Waals surface area contributed by atoms with Crippen molar-refractivity contribution in [2.45, 2.75) is 39.4 Å². The van der Waals surface area contributed by atoms with E-state index in [0.717, 1.165) is 52.7 Å². The lowest BCUT2D eigenvalue weighted by Crippen LogP contribution is -2.16. The first kappa shape index (κ1) is 19.5. The minimum Gasteiger partial charge on any atom is -0.494 e.